The number of rotatable bonds is 7. The first-order chi connectivity index (χ1) is 15.3. The van der Waals surface area contributed by atoms with Crippen molar-refractivity contribution >= 4 is 17.3 Å². The fourth-order valence-electron chi connectivity index (χ4n) is 3.12. The molecule has 0 bridgehead atoms. The van der Waals surface area contributed by atoms with Gasteiger partial charge in [0, 0.05) is 24.4 Å². The molecule has 2 unspecified atom stereocenters. The minimum absolute atomic E-state index is 0.0195. The van der Waals surface area contributed by atoms with Crippen LogP contribution in [0.1, 0.15) is 43.3 Å². The number of alkyl halides is 3. The number of aromatic amines is 1. The van der Waals surface area contributed by atoms with Crippen molar-refractivity contribution in [1.29, 1.82) is 0 Å². The first kappa shape index (κ1) is 24.8. The van der Waals surface area contributed by atoms with Crippen LogP contribution in [0.3, 0.4) is 0 Å². The minimum atomic E-state index is -4.71. The highest BCUT2D eigenvalue weighted by molar-refractivity contribution is 6.32. The summed E-state index contributed by atoms with van der Waals surface area (Å²) in [6, 6.07) is 1.88. The summed E-state index contributed by atoms with van der Waals surface area (Å²) < 4.78 is 61.1. The Morgan fingerprint density at radius 1 is 1.24 bits per heavy atom. The van der Waals surface area contributed by atoms with E-state index in [0.717, 1.165) is 19.1 Å². The highest BCUT2D eigenvalue weighted by Gasteiger charge is 2.39. The van der Waals surface area contributed by atoms with E-state index < -0.39 is 36.2 Å². The Morgan fingerprint density at radius 2 is 1.91 bits per heavy atom. The molecule has 0 fully saturated rings. The number of imidazole rings is 1. The fourth-order valence-corrected chi connectivity index (χ4v) is 3.36. The molecule has 0 saturated heterocycles. The van der Waals surface area contributed by atoms with Crippen LogP contribution < -0.4 is 10.1 Å². The van der Waals surface area contributed by atoms with Crippen molar-refractivity contribution in [2.45, 2.75) is 45.4 Å². The number of aliphatic hydroxyl groups excluding tert-OH is 2. The van der Waals surface area contributed by atoms with Gasteiger partial charge in [-0.25, -0.2) is 9.37 Å². The van der Waals surface area contributed by atoms with E-state index in [4.69, 9.17) is 16.3 Å². The van der Waals surface area contributed by atoms with Gasteiger partial charge in [-0.3, -0.25) is 5.10 Å². The molecular weight excluding hydrogens is 470 g/mol. The molecule has 0 aliphatic carbocycles. The van der Waals surface area contributed by atoms with E-state index in [1.54, 1.807) is 14.0 Å². The summed E-state index contributed by atoms with van der Waals surface area (Å²) in [7, 11) is 1.58. The Balaban J connectivity index is 2.08. The molecule has 3 rings (SSSR count). The highest BCUT2D eigenvalue weighted by Crippen LogP contribution is 2.37. The van der Waals surface area contributed by atoms with Gasteiger partial charge in [0.15, 0.2) is 17.5 Å². The van der Waals surface area contributed by atoms with Crippen molar-refractivity contribution in [3.8, 4) is 17.0 Å². The number of hydrogen-bond donors (Lipinski definition) is 4. The third-order valence-corrected chi connectivity index (χ3v) is 5.18. The van der Waals surface area contributed by atoms with Gasteiger partial charge >= 0.3 is 6.18 Å². The first-order valence-electron chi connectivity index (χ1n) is 9.73. The van der Waals surface area contributed by atoms with Crippen molar-refractivity contribution in [2.24, 2.45) is 7.05 Å². The standard InChI is InChI=1S/C20H22ClF4N5O3/c1-8-16(17(21)29-28-8)27-19(32)12-5-13(22)11(6-15(12)33-10(3)20(23,24)25)14-7-30(4)18(26-14)9(2)31/h5-7,9-10,19,27,31-32H,1-4H3,(H,28,29)/t9?,10-,19?/m0/s1. The molecule has 0 saturated carbocycles. The van der Waals surface area contributed by atoms with E-state index in [9.17, 15) is 23.4 Å². The third-order valence-electron chi connectivity index (χ3n) is 4.90. The molecular formula is C20H22ClF4N5O3. The number of aromatic nitrogens is 4. The van der Waals surface area contributed by atoms with Crippen LogP contribution in [0.25, 0.3) is 11.3 Å². The number of H-pyrrole nitrogens is 1. The van der Waals surface area contributed by atoms with E-state index in [2.05, 4.69) is 20.5 Å². The summed E-state index contributed by atoms with van der Waals surface area (Å²) in [6.45, 7) is 3.85. The Labute approximate surface area is 191 Å². The number of ether oxygens (including phenoxy) is 1. The number of nitrogens with one attached hydrogen (secondary N) is 2. The van der Waals surface area contributed by atoms with Gasteiger partial charge in [0.25, 0.3) is 0 Å². The molecule has 180 valence electrons. The van der Waals surface area contributed by atoms with Crippen LogP contribution in [-0.2, 0) is 7.05 Å². The SMILES string of the molecule is Cc1[nH]nc(Cl)c1NC(O)c1cc(F)c(-c2cn(C)c(C(C)O)n2)cc1O[C@@H](C)C(F)(F)F. The Bertz CT molecular complexity index is 1130. The van der Waals surface area contributed by atoms with Gasteiger partial charge in [-0.2, -0.15) is 18.3 Å². The average molecular weight is 492 g/mol. The number of anilines is 1. The fraction of sp³-hybridized carbons (Fsp3) is 0.400. The maximum absolute atomic E-state index is 15.1. The van der Waals surface area contributed by atoms with Gasteiger partial charge in [-0.05, 0) is 32.9 Å². The second-order valence-electron chi connectivity index (χ2n) is 7.50. The maximum atomic E-state index is 15.1. The molecule has 2 aromatic heterocycles. The van der Waals surface area contributed by atoms with Gasteiger partial charge in [0.1, 0.15) is 23.5 Å². The van der Waals surface area contributed by atoms with Crippen molar-refractivity contribution in [3.05, 3.63) is 46.4 Å². The predicted octanol–water partition coefficient (Wildman–Crippen LogP) is 4.40. The molecule has 0 spiro atoms. The van der Waals surface area contributed by atoms with Crippen LogP contribution in [0.4, 0.5) is 23.2 Å². The van der Waals surface area contributed by atoms with Gasteiger partial charge in [0.2, 0.25) is 0 Å². The zero-order chi connectivity index (χ0) is 24.7. The topological polar surface area (TPSA) is 108 Å². The van der Waals surface area contributed by atoms with E-state index in [-0.39, 0.29) is 33.5 Å². The van der Waals surface area contributed by atoms with Gasteiger partial charge in [0.05, 0.1) is 17.1 Å². The summed E-state index contributed by atoms with van der Waals surface area (Å²) in [6.07, 6.45) is -8.19. The molecule has 1 aromatic carbocycles. The van der Waals surface area contributed by atoms with Gasteiger partial charge in [-0.15, -0.1) is 0 Å². The molecule has 3 atom stereocenters. The molecule has 0 aliphatic rings. The van der Waals surface area contributed by atoms with E-state index in [1.807, 2.05) is 0 Å². The van der Waals surface area contributed by atoms with Crippen molar-refractivity contribution in [1.82, 2.24) is 19.7 Å². The van der Waals surface area contributed by atoms with E-state index >= 15 is 4.39 Å². The predicted molar refractivity (Wildman–Crippen MR) is 112 cm³/mol. The molecule has 8 nitrogen and oxygen atoms in total. The molecule has 4 N–H and O–H groups in total. The van der Waals surface area contributed by atoms with Crippen molar-refractivity contribution in [3.63, 3.8) is 0 Å². The van der Waals surface area contributed by atoms with Crippen LogP contribution in [0.15, 0.2) is 18.3 Å². The van der Waals surface area contributed by atoms with Crippen LogP contribution >= 0.6 is 11.6 Å². The minimum Gasteiger partial charge on any atom is -0.481 e. The lowest BCUT2D eigenvalue weighted by Crippen LogP contribution is -2.31. The van der Waals surface area contributed by atoms with E-state index in [1.165, 1.54) is 17.7 Å². The summed E-state index contributed by atoms with van der Waals surface area (Å²) in [5, 5.41) is 29.3. The molecule has 13 heteroatoms. The number of nitrogens with zero attached hydrogens (tertiary/aromatic N) is 3. The molecule has 0 aliphatic heterocycles. The van der Waals surface area contributed by atoms with Crippen LogP contribution in [0.5, 0.6) is 5.75 Å². The summed E-state index contributed by atoms with van der Waals surface area (Å²) in [4.78, 5) is 4.16. The lowest BCUT2D eigenvalue weighted by molar-refractivity contribution is -0.189. The van der Waals surface area contributed by atoms with Crippen LogP contribution in [0, 0.1) is 12.7 Å². The monoisotopic (exact) mass is 491 g/mol. The number of hydrogen-bond acceptors (Lipinski definition) is 6. The maximum Gasteiger partial charge on any atom is 0.425 e. The molecule has 3 aromatic rings. The second kappa shape index (κ2) is 9.20. The molecule has 2 heterocycles. The number of benzene rings is 1. The number of aliphatic hydroxyl groups is 2. The Hall–Kier alpha value is -2.83. The third kappa shape index (κ3) is 5.23. The Morgan fingerprint density at radius 3 is 2.42 bits per heavy atom. The van der Waals surface area contributed by atoms with E-state index in [0.29, 0.717) is 5.69 Å². The molecule has 33 heavy (non-hydrogen) atoms. The molecule has 0 radical (unpaired) electrons. The number of aryl methyl sites for hydroxylation is 2. The zero-order valence-corrected chi connectivity index (χ0v) is 18.8. The summed E-state index contributed by atoms with van der Waals surface area (Å²) in [5.41, 5.74) is 0.236. The van der Waals surface area contributed by atoms with Gasteiger partial charge in [-0.1, -0.05) is 11.6 Å². The van der Waals surface area contributed by atoms with Crippen molar-refractivity contribution in [2.75, 3.05) is 5.32 Å². The van der Waals surface area contributed by atoms with Gasteiger partial charge < -0.3 is 24.8 Å². The normalized spacial score (nSPS) is 14.8. The first-order valence-corrected chi connectivity index (χ1v) is 10.1. The summed E-state index contributed by atoms with van der Waals surface area (Å²) in [5.74, 6) is -1.06. The zero-order valence-electron chi connectivity index (χ0n) is 18.0. The second-order valence-corrected chi connectivity index (χ2v) is 7.86. The number of halogens is 5. The largest absolute Gasteiger partial charge is 0.481 e. The quantitative estimate of drug-likeness (QED) is 0.288. The summed E-state index contributed by atoms with van der Waals surface area (Å²) >= 11 is 5.94. The lowest BCUT2D eigenvalue weighted by Gasteiger charge is -2.23. The smallest absolute Gasteiger partial charge is 0.425 e. The highest BCUT2D eigenvalue weighted by atomic mass is 35.5. The van der Waals surface area contributed by atoms with Crippen LogP contribution in [0.2, 0.25) is 5.15 Å². The average Bonchev–Trinajstić information content (AvgIpc) is 3.25. The van der Waals surface area contributed by atoms with Crippen LogP contribution in [-0.4, -0.2) is 42.2 Å². The molecule has 0 amide bonds. The lowest BCUT2D eigenvalue weighted by atomic mass is 10.1. The van der Waals surface area contributed by atoms with Crippen molar-refractivity contribution < 1.29 is 32.5 Å². The Kier molecular flexibility index (Phi) is 6.91.